The van der Waals surface area contributed by atoms with E-state index in [0.29, 0.717) is 0 Å². The Balaban J connectivity index is 1.91. The monoisotopic (exact) mass is 389 g/mol. The number of hydrogen-bond acceptors (Lipinski definition) is 4. The Morgan fingerprint density at radius 3 is 2.43 bits per heavy atom. The Morgan fingerprint density at radius 1 is 1.21 bits per heavy atom. The fraction of sp³-hybridized carbons (Fsp3) is 0.636. The Hall–Kier alpha value is -1.92. The lowest BCUT2D eigenvalue weighted by Crippen LogP contribution is -2.43. The molecule has 1 saturated heterocycles. The van der Waals surface area contributed by atoms with Gasteiger partial charge in [-0.15, -0.1) is 0 Å². The largest absolute Gasteiger partial charge is 0.480 e. The third-order valence-corrected chi connectivity index (χ3v) is 5.69. The first-order valence-corrected chi connectivity index (χ1v) is 10.2. The number of amides is 1. The summed E-state index contributed by atoms with van der Waals surface area (Å²) in [6.45, 7) is 10.2. The minimum atomic E-state index is -0.797. The van der Waals surface area contributed by atoms with Gasteiger partial charge in [-0.05, 0) is 62.9 Å². The molecule has 1 heterocycles. The van der Waals surface area contributed by atoms with Gasteiger partial charge in [-0.25, -0.2) is 0 Å². The average molecular weight is 390 g/mol. The molecular formula is C22H35N3O3. The highest BCUT2D eigenvalue weighted by molar-refractivity contribution is 5.94. The Kier molecular flexibility index (Phi) is 7.61. The Labute approximate surface area is 168 Å². The average Bonchev–Trinajstić information content (AvgIpc) is 2.86. The summed E-state index contributed by atoms with van der Waals surface area (Å²) in [7, 11) is 1.87. The highest BCUT2D eigenvalue weighted by Crippen LogP contribution is 2.24. The summed E-state index contributed by atoms with van der Waals surface area (Å²) in [6, 6.07) is 8.09. The van der Waals surface area contributed by atoms with Crippen molar-refractivity contribution < 1.29 is 14.7 Å². The van der Waals surface area contributed by atoms with Crippen LogP contribution in [0.1, 0.15) is 52.5 Å². The Morgan fingerprint density at radius 2 is 1.86 bits per heavy atom. The van der Waals surface area contributed by atoms with Crippen LogP contribution in [0.4, 0.5) is 5.69 Å². The molecule has 28 heavy (non-hydrogen) atoms. The minimum absolute atomic E-state index is 0.000786. The van der Waals surface area contributed by atoms with Crippen LogP contribution in [-0.2, 0) is 15.0 Å². The van der Waals surface area contributed by atoms with E-state index < -0.39 is 5.97 Å². The molecule has 1 aromatic carbocycles. The molecule has 2 N–H and O–H groups in total. The fourth-order valence-electron chi connectivity index (χ4n) is 3.74. The van der Waals surface area contributed by atoms with E-state index in [2.05, 4.69) is 43.1 Å². The van der Waals surface area contributed by atoms with Gasteiger partial charge < -0.3 is 10.4 Å². The van der Waals surface area contributed by atoms with E-state index in [1.807, 2.05) is 31.0 Å². The molecule has 1 aliphatic heterocycles. The van der Waals surface area contributed by atoms with Gasteiger partial charge in [-0.3, -0.25) is 19.4 Å². The zero-order valence-corrected chi connectivity index (χ0v) is 17.9. The lowest BCUT2D eigenvalue weighted by Gasteiger charge is -2.28. The van der Waals surface area contributed by atoms with E-state index in [0.717, 1.165) is 38.0 Å². The van der Waals surface area contributed by atoms with Crippen LogP contribution in [-0.4, -0.2) is 65.5 Å². The summed E-state index contributed by atoms with van der Waals surface area (Å²) in [5, 5.41) is 12.0. The zero-order chi connectivity index (χ0) is 20.9. The molecule has 6 nitrogen and oxygen atoms in total. The maximum atomic E-state index is 12.7. The summed E-state index contributed by atoms with van der Waals surface area (Å²) < 4.78 is 0. The first kappa shape index (κ1) is 22.4. The van der Waals surface area contributed by atoms with Crippen molar-refractivity contribution in [3.8, 4) is 0 Å². The van der Waals surface area contributed by atoms with Gasteiger partial charge in [-0.2, -0.15) is 0 Å². The molecule has 0 aliphatic carbocycles. The second kappa shape index (κ2) is 9.52. The number of benzene rings is 1. The van der Waals surface area contributed by atoms with Crippen LogP contribution in [0.5, 0.6) is 0 Å². The number of likely N-dealkylation sites (N-methyl/N-ethyl adjacent to an activating group) is 1. The normalized spacial score (nSPS) is 19.9. The van der Waals surface area contributed by atoms with Crippen molar-refractivity contribution in [2.24, 2.45) is 0 Å². The molecule has 1 amide bonds. The van der Waals surface area contributed by atoms with E-state index in [4.69, 9.17) is 5.11 Å². The van der Waals surface area contributed by atoms with Crippen LogP contribution in [0.25, 0.3) is 0 Å². The lowest BCUT2D eigenvalue weighted by molar-refractivity contribution is -0.138. The summed E-state index contributed by atoms with van der Waals surface area (Å²) in [4.78, 5) is 27.8. The second-order valence-corrected chi connectivity index (χ2v) is 8.92. The van der Waals surface area contributed by atoms with Crippen LogP contribution in [0.3, 0.4) is 0 Å². The number of anilines is 1. The maximum absolute atomic E-state index is 12.7. The minimum Gasteiger partial charge on any atom is -0.480 e. The summed E-state index contributed by atoms with van der Waals surface area (Å²) in [5.74, 6) is -0.797. The standard InChI is InChI=1S/C22H35N3O3/c1-16(21(28)23-18-10-8-17(9-11-18)22(2,3)4)25-13-6-7-19(12-14-25)24(5)15-20(26)27/h8-11,16,19H,6-7,12-15H2,1-5H3,(H,23,28)(H,26,27). The molecule has 0 spiro atoms. The summed E-state index contributed by atoms with van der Waals surface area (Å²) in [6.07, 6.45) is 2.80. The number of carboxylic acid groups (broad SMARTS) is 1. The van der Waals surface area contributed by atoms with Crippen LogP contribution in [0.15, 0.2) is 24.3 Å². The molecule has 6 heteroatoms. The van der Waals surface area contributed by atoms with Gasteiger partial charge in [0.2, 0.25) is 5.91 Å². The molecule has 1 aliphatic rings. The number of nitrogens with zero attached hydrogens (tertiary/aromatic N) is 2. The van der Waals surface area contributed by atoms with Gasteiger partial charge in [0.25, 0.3) is 0 Å². The molecule has 0 bridgehead atoms. The van der Waals surface area contributed by atoms with Gasteiger partial charge in [0.1, 0.15) is 0 Å². The van der Waals surface area contributed by atoms with Crippen molar-refractivity contribution in [2.45, 2.75) is 64.5 Å². The Bertz CT molecular complexity index is 667. The maximum Gasteiger partial charge on any atom is 0.317 e. The molecule has 2 atom stereocenters. The smallest absolute Gasteiger partial charge is 0.317 e. The molecule has 2 rings (SSSR count). The number of carboxylic acids is 1. The van der Waals surface area contributed by atoms with E-state index in [9.17, 15) is 9.59 Å². The van der Waals surface area contributed by atoms with E-state index in [1.54, 1.807) is 0 Å². The lowest BCUT2D eigenvalue weighted by atomic mass is 9.87. The number of likely N-dealkylation sites (tertiary alicyclic amines) is 1. The van der Waals surface area contributed by atoms with Crippen molar-refractivity contribution in [3.63, 3.8) is 0 Å². The van der Waals surface area contributed by atoms with Crippen molar-refractivity contribution in [1.29, 1.82) is 0 Å². The van der Waals surface area contributed by atoms with Gasteiger partial charge >= 0.3 is 5.97 Å². The molecule has 0 saturated carbocycles. The number of aliphatic carboxylic acids is 1. The SMILES string of the molecule is CC(C(=O)Nc1ccc(C(C)(C)C)cc1)N1CCCC(N(C)CC(=O)O)CC1. The van der Waals surface area contributed by atoms with Gasteiger partial charge in [-0.1, -0.05) is 32.9 Å². The number of rotatable bonds is 6. The number of carbonyl (C=O) groups is 2. The fourth-order valence-corrected chi connectivity index (χ4v) is 3.74. The molecular weight excluding hydrogens is 354 g/mol. The van der Waals surface area contributed by atoms with Gasteiger partial charge in [0, 0.05) is 18.3 Å². The van der Waals surface area contributed by atoms with Crippen molar-refractivity contribution >= 4 is 17.6 Å². The molecule has 0 aromatic heterocycles. The van der Waals surface area contributed by atoms with Crippen molar-refractivity contribution in [1.82, 2.24) is 9.80 Å². The predicted molar refractivity (Wildman–Crippen MR) is 113 cm³/mol. The molecule has 2 unspecified atom stereocenters. The molecule has 0 radical (unpaired) electrons. The number of hydrogen-bond donors (Lipinski definition) is 2. The first-order chi connectivity index (χ1) is 13.1. The second-order valence-electron chi connectivity index (χ2n) is 8.92. The van der Waals surface area contributed by atoms with Crippen LogP contribution < -0.4 is 5.32 Å². The van der Waals surface area contributed by atoms with Crippen molar-refractivity contribution in [3.05, 3.63) is 29.8 Å². The highest BCUT2D eigenvalue weighted by Gasteiger charge is 2.27. The van der Waals surface area contributed by atoms with Crippen molar-refractivity contribution in [2.75, 3.05) is 32.0 Å². The predicted octanol–water partition coefficient (Wildman–Crippen LogP) is 3.18. The van der Waals surface area contributed by atoms with E-state index >= 15 is 0 Å². The number of carbonyl (C=O) groups excluding carboxylic acids is 1. The van der Waals surface area contributed by atoms with Gasteiger partial charge in [0.15, 0.2) is 0 Å². The zero-order valence-electron chi connectivity index (χ0n) is 17.9. The molecule has 156 valence electrons. The quantitative estimate of drug-likeness (QED) is 0.782. The van der Waals surface area contributed by atoms with Gasteiger partial charge in [0.05, 0.1) is 12.6 Å². The third kappa shape index (κ3) is 6.31. The molecule has 1 fully saturated rings. The first-order valence-electron chi connectivity index (χ1n) is 10.2. The third-order valence-electron chi connectivity index (χ3n) is 5.69. The van der Waals surface area contributed by atoms with Crippen LogP contribution in [0.2, 0.25) is 0 Å². The van der Waals surface area contributed by atoms with Crippen LogP contribution >= 0.6 is 0 Å². The number of nitrogens with one attached hydrogen (secondary N) is 1. The van der Waals surface area contributed by atoms with E-state index in [-0.39, 0.29) is 30.0 Å². The van der Waals surface area contributed by atoms with E-state index in [1.165, 1.54) is 5.56 Å². The summed E-state index contributed by atoms with van der Waals surface area (Å²) >= 11 is 0. The topological polar surface area (TPSA) is 72.9 Å². The highest BCUT2D eigenvalue weighted by atomic mass is 16.4. The molecule has 1 aromatic rings. The van der Waals surface area contributed by atoms with Crippen LogP contribution in [0, 0.1) is 0 Å². The summed E-state index contributed by atoms with van der Waals surface area (Å²) in [5.41, 5.74) is 2.15.